The SMILES string of the molecule is C[C@H](Cc1ccccc1)[C@@H](O)CN1CC2CCCCC2CC1C(=O)CC(C)(C)C. The number of carbonyl (C=O) groups excluding carboxylic acids is 1. The van der Waals surface area contributed by atoms with Gasteiger partial charge in [0.2, 0.25) is 0 Å². The molecule has 3 unspecified atom stereocenters. The van der Waals surface area contributed by atoms with Crippen molar-refractivity contribution in [2.24, 2.45) is 23.2 Å². The molecule has 1 aromatic carbocycles. The van der Waals surface area contributed by atoms with Crippen LogP contribution in [-0.2, 0) is 11.2 Å². The highest BCUT2D eigenvalue weighted by Gasteiger charge is 2.41. The average molecular weight is 400 g/mol. The maximum Gasteiger partial charge on any atom is 0.150 e. The Balaban J connectivity index is 1.67. The third-order valence-electron chi connectivity index (χ3n) is 7.06. The molecule has 2 fully saturated rings. The van der Waals surface area contributed by atoms with E-state index in [4.69, 9.17) is 0 Å². The first-order valence-corrected chi connectivity index (χ1v) is 11.7. The summed E-state index contributed by atoms with van der Waals surface area (Å²) in [7, 11) is 0. The molecule has 29 heavy (non-hydrogen) atoms. The number of nitrogens with zero attached hydrogens (tertiary/aromatic N) is 1. The van der Waals surface area contributed by atoms with Crippen LogP contribution >= 0.6 is 0 Å². The fraction of sp³-hybridized carbons (Fsp3) is 0.731. The fourth-order valence-corrected chi connectivity index (χ4v) is 5.42. The Bertz CT molecular complexity index is 650. The predicted molar refractivity (Wildman–Crippen MR) is 120 cm³/mol. The number of β-amino-alcohol motifs (C(OH)–C–C–N with tert-alkyl or cyclic N) is 1. The summed E-state index contributed by atoms with van der Waals surface area (Å²) in [5.74, 6) is 1.97. The van der Waals surface area contributed by atoms with E-state index in [-0.39, 0.29) is 17.4 Å². The number of benzene rings is 1. The number of piperidine rings is 1. The monoisotopic (exact) mass is 399 g/mol. The highest BCUT2D eigenvalue weighted by molar-refractivity contribution is 5.84. The van der Waals surface area contributed by atoms with E-state index >= 15 is 0 Å². The van der Waals surface area contributed by atoms with Gasteiger partial charge in [-0.2, -0.15) is 0 Å². The zero-order chi connectivity index (χ0) is 21.0. The summed E-state index contributed by atoms with van der Waals surface area (Å²) in [5, 5.41) is 11.0. The first-order chi connectivity index (χ1) is 13.7. The van der Waals surface area contributed by atoms with E-state index < -0.39 is 6.10 Å². The van der Waals surface area contributed by atoms with Crippen LogP contribution in [0.2, 0.25) is 0 Å². The van der Waals surface area contributed by atoms with Crippen LogP contribution in [0.1, 0.15) is 71.8 Å². The average Bonchev–Trinajstić information content (AvgIpc) is 2.66. The van der Waals surface area contributed by atoms with Gasteiger partial charge in [0.05, 0.1) is 12.1 Å². The Labute approximate surface area is 177 Å². The lowest BCUT2D eigenvalue weighted by atomic mass is 9.71. The molecular weight excluding hydrogens is 358 g/mol. The van der Waals surface area contributed by atoms with Crippen LogP contribution in [-0.4, -0.2) is 41.0 Å². The topological polar surface area (TPSA) is 40.5 Å². The van der Waals surface area contributed by atoms with Crippen molar-refractivity contribution in [3.8, 4) is 0 Å². The zero-order valence-corrected chi connectivity index (χ0v) is 18.9. The van der Waals surface area contributed by atoms with E-state index in [1.165, 1.54) is 31.2 Å². The number of likely N-dealkylation sites (tertiary alicyclic amines) is 1. The van der Waals surface area contributed by atoms with Crippen molar-refractivity contribution < 1.29 is 9.90 Å². The third kappa shape index (κ3) is 6.39. The Hall–Kier alpha value is -1.19. The lowest BCUT2D eigenvalue weighted by Gasteiger charge is -2.47. The molecule has 1 saturated heterocycles. The van der Waals surface area contributed by atoms with Crippen molar-refractivity contribution in [1.82, 2.24) is 4.90 Å². The molecule has 1 aromatic rings. The first kappa shape index (κ1) is 22.5. The molecule has 162 valence electrons. The number of Topliss-reactive ketones (excluding diaryl/α,β-unsaturated/α-hetero) is 1. The van der Waals surface area contributed by atoms with Gasteiger partial charge in [-0.15, -0.1) is 0 Å². The summed E-state index contributed by atoms with van der Waals surface area (Å²) in [6, 6.07) is 10.4. The molecule has 2 aliphatic rings. The molecule has 3 heteroatoms. The number of hydrogen-bond donors (Lipinski definition) is 1. The number of carbonyl (C=O) groups is 1. The largest absolute Gasteiger partial charge is 0.392 e. The molecule has 1 N–H and O–H groups in total. The number of aliphatic hydroxyl groups is 1. The Kier molecular flexibility index (Phi) is 7.56. The minimum absolute atomic E-state index is 0.00727. The molecule has 1 aliphatic carbocycles. The first-order valence-electron chi connectivity index (χ1n) is 11.7. The smallest absolute Gasteiger partial charge is 0.150 e. The van der Waals surface area contributed by atoms with Gasteiger partial charge in [-0.05, 0) is 48.0 Å². The number of ketones is 1. The van der Waals surface area contributed by atoms with Crippen LogP contribution in [0.15, 0.2) is 30.3 Å². The van der Waals surface area contributed by atoms with E-state index in [0.29, 0.717) is 30.6 Å². The summed E-state index contributed by atoms with van der Waals surface area (Å²) in [6.45, 7) is 10.2. The molecule has 1 aliphatic heterocycles. The molecule has 0 spiro atoms. The van der Waals surface area contributed by atoms with E-state index in [2.05, 4.69) is 56.9 Å². The van der Waals surface area contributed by atoms with Crippen LogP contribution in [0.3, 0.4) is 0 Å². The maximum atomic E-state index is 13.2. The van der Waals surface area contributed by atoms with Crippen molar-refractivity contribution in [3.63, 3.8) is 0 Å². The van der Waals surface area contributed by atoms with Gasteiger partial charge < -0.3 is 5.11 Å². The molecule has 0 amide bonds. The number of hydrogen-bond acceptors (Lipinski definition) is 3. The third-order valence-corrected chi connectivity index (χ3v) is 7.06. The molecule has 3 nitrogen and oxygen atoms in total. The Morgan fingerprint density at radius 1 is 1.14 bits per heavy atom. The van der Waals surface area contributed by atoms with Gasteiger partial charge in [-0.25, -0.2) is 0 Å². The normalized spacial score (nSPS) is 27.8. The maximum absolute atomic E-state index is 13.2. The highest BCUT2D eigenvalue weighted by Crippen LogP contribution is 2.40. The van der Waals surface area contributed by atoms with E-state index in [1.807, 2.05) is 6.07 Å². The summed E-state index contributed by atoms with van der Waals surface area (Å²) in [4.78, 5) is 15.6. The van der Waals surface area contributed by atoms with Gasteiger partial charge in [0, 0.05) is 19.5 Å². The van der Waals surface area contributed by atoms with Crippen LogP contribution < -0.4 is 0 Å². The van der Waals surface area contributed by atoms with Gasteiger partial charge in [-0.1, -0.05) is 77.3 Å². The van der Waals surface area contributed by atoms with Gasteiger partial charge in [-0.3, -0.25) is 9.69 Å². The van der Waals surface area contributed by atoms with Crippen LogP contribution in [0.4, 0.5) is 0 Å². The quantitative estimate of drug-likeness (QED) is 0.692. The predicted octanol–water partition coefficient (Wildman–Crippen LogP) is 5.11. The Morgan fingerprint density at radius 2 is 1.79 bits per heavy atom. The minimum Gasteiger partial charge on any atom is -0.392 e. The molecule has 0 bridgehead atoms. The number of fused-ring (bicyclic) bond motifs is 1. The minimum atomic E-state index is -0.403. The molecule has 3 rings (SSSR count). The molecule has 1 saturated carbocycles. The number of aliphatic hydroxyl groups excluding tert-OH is 1. The van der Waals surface area contributed by atoms with Gasteiger partial charge in [0.15, 0.2) is 0 Å². The van der Waals surface area contributed by atoms with Gasteiger partial charge in [0.1, 0.15) is 5.78 Å². The van der Waals surface area contributed by atoms with Crippen molar-refractivity contribution in [3.05, 3.63) is 35.9 Å². The molecule has 0 radical (unpaired) electrons. The van der Waals surface area contributed by atoms with Crippen LogP contribution in [0.5, 0.6) is 0 Å². The van der Waals surface area contributed by atoms with Gasteiger partial charge >= 0.3 is 0 Å². The van der Waals surface area contributed by atoms with E-state index in [0.717, 1.165) is 19.4 Å². The highest BCUT2D eigenvalue weighted by atomic mass is 16.3. The van der Waals surface area contributed by atoms with Crippen LogP contribution in [0.25, 0.3) is 0 Å². The standard InChI is InChI=1S/C26H41NO2/c1-19(14-20-10-6-5-7-11-20)25(29)18-27-17-22-13-9-8-12-21(22)15-23(27)24(28)16-26(2,3)4/h5-7,10-11,19,21-23,25,29H,8-9,12-18H2,1-4H3/t19-,21?,22?,23?,25+/m1/s1. The summed E-state index contributed by atoms with van der Waals surface area (Å²) in [5.41, 5.74) is 1.29. The number of rotatable bonds is 7. The fourth-order valence-electron chi connectivity index (χ4n) is 5.42. The molecule has 1 heterocycles. The Morgan fingerprint density at radius 3 is 2.45 bits per heavy atom. The van der Waals surface area contributed by atoms with Crippen LogP contribution in [0, 0.1) is 23.2 Å². The van der Waals surface area contributed by atoms with Crippen molar-refractivity contribution >= 4 is 5.78 Å². The zero-order valence-electron chi connectivity index (χ0n) is 18.9. The summed E-state index contributed by atoms with van der Waals surface area (Å²) >= 11 is 0. The second-order valence-electron chi connectivity index (χ2n) is 10.9. The van der Waals surface area contributed by atoms with E-state index in [9.17, 15) is 9.90 Å². The summed E-state index contributed by atoms with van der Waals surface area (Å²) in [6.07, 6.45) is 7.31. The van der Waals surface area contributed by atoms with Crippen molar-refractivity contribution in [2.75, 3.05) is 13.1 Å². The second kappa shape index (κ2) is 9.75. The lowest BCUT2D eigenvalue weighted by Crippen LogP contribution is -2.54. The molecule has 5 atom stereocenters. The van der Waals surface area contributed by atoms with Crippen molar-refractivity contribution in [1.29, 1.82) is 0 Å². The molecular formula is C26H41NO2. The molecule has 0 aromatic heterocycles. The van der Waals surface area contributed by atoms with E-state index in [1.54, 1.807) is 0 Å². The van der Waals surface area contributed by atoms with Crippen molar-refractivity contribution in [2.45, 2.75) is 84.8 Å². The lowest BCUT2D eigenvalue weighted by molar-refractivity contribution is -0.130. The van der Waals surface area contributed by atoms with Gasteiger partial charge in [0.25, 0.3) is 0 Å². The second-order valence-corrected chi connectivity index (χ2v) is 10.9. The summed E-state index contributed by atoms with van der Waals surface area (Å²) < 4.78 is 0.